The first kappa shape index (κ1) is 56.7. The van der Waals surface area contributed by atoms with Crippen LogP contribution in [0.2, 0.25) is 0 Å². The molecule has 0 aromatic rings. The number of carbonyl (C=O) groups is 1. The van der Waals surface area contributed by atoms with Crippen molar-refractivity contribution in [1.29, 1.82) is 0 Å². The topological polar surface area (TPSA) is 135 Å². The molecule has 354 valence electrons. The third-order valence-electron chi connectivity index (χ3n) is 11.9. The Balaban J connectivity index is 2.16. The summed E-state index contributed by atoms with van der Waals surface area (Å²) in [7, 11) is 0. The maximum Gasteiger partial charge on any atom is 0.306 e. The van der Waals surface area contributed by atoms with Crippen molar-refractivity contribution in [1.82, 2.24) is 0 Å². The minimum atomic E-state index is -1.53. The molecule has 1 fully saturated rings. The van der Waals surface area contributed by atoms with Gasteiger partial charge in [-0.1, -0.05) is 205 Å². The molecule has 9 heteroatoms. The Labute approximate surface area is 368 Å². The molecule has 0 saturated carbocycles. The van der Waals surface area contributed by atoms with Crippen LogP contribution in [-0.2, 0) is 23.7 Å². The van der Waals surface area contributed by atoms with Gasteiger partial charge in [-0.2, -0.15) is 0 Å². The number of unbranched alkanes of at least 4 members (excludes halogenated alkanes) is 29. The number of ether oxygens (including phenoxy) is 4. The summed E-state index contributed by atoms with van der Waals surface area (Å²) < 4.78 is 22.9. The van der Waals surface area contributed by atoms with E-state index in [9.17, 15) is 25.2 Å². The number of aliphatic hydroxyl groups is 4. The monoisotopic (exact) mass is 853 g/mol. The van der Waals surface area contributed by atoms with E-state index in [1.165, 1.54) is 173 Å². The molecule has 0 spiro atoms. The highest BCUT2D eigenvalue weighted by atomic mass is 16.7. The quantitative estimate of drug-likeness (QED) is 0.0268. The van der Waals surface area contributed by atoms with E-state index in [1.807, 2.05) is 0 Å². The fourth-order valence-corrected chi connectivity index (χ4v) is 7.88. The molecule has 1 rings (SSSR count). The van der Waals surface area contributed by atoms with Gasteiger partial charge in [0.1, 0.15) is 30.5 Å². The van der Waals surface area contributed by atoms with Gasteiger partial charge in [0.05, 0.1) is 19.8 Å². The van der Waals surface area contributed by atoms with E-state index in [4.69, 9.17) is 18.9 Å². The van der Waals surface area contributed by atoms with Crippen LogP contribution in [0.4, 0.5) is 0 Å². The molecule has 1 saturated heterocycles. The maximum absolute atomic E-state index is 12.8. The van der Waals surface area contributed by atoms with Gasteiger partial charge in [0.2, 0.25) is 0 Å². The Morgan fingerprint density at radius 3 is 1.43 bits per heavy atom. The number of hydrogen-bond donors (Lipinski definition) is 4. The predicted octanol–water partition coefficient (Wildman–Crippen LogP) is 12.1. The van der Waals surface area contributed by atoms with Gasteiger partial charge in [-0.3, -0.25) is 4.79 Å². The molecular formula is C51H96O9. The van der Waals surface area contributed by atoms with Gasteiger partial charge in [-0.15, -0.1) is 0 Å². The Morgan fingerprint density at radius 2 is 0.967 bits per heavy atom. The molecule has 1 aliphatic heterocycles. The zero-order valence-corrected chi connectivity index (χ0v) is 39.0. The highest BCUT2D eigenvalue weighted by Gasteiger charge is 2.44. The van der Waals surface area contributed by atoms with Gasteiger partial charge >= 0.3 is 5.97 Å². The van der Waals surface area contributed by atoms with Crippen molar-refractivity contribution in [2.24, 2.45) is 0 Å². The first-order valence-corrected chi connectivity index (χ1v) is 25.4. The summed E-state index contributed by atoms with van der Waals surface area (Å²) in [6.07, 6.45) is 43.6. The minimum Gasteiger partial charge on any atom is -0.457 e. The maximum atomic E-state index is 12.8. The first-order chi connectivity index (χ1) is 29.4. The van der Waals surface area contributed by atoms with Crippen LogP contribution in [0.15, 0.2) is 24.3 Å². The molecule has 0 aromatic heterocycles. The van der Waals surface area contributed by atoms with E-state index in [2.05, 4.69) is 38.2 Å². The molecule has 6 atom stereocenters. The third kappa shape index (κ3) is 33.3. The van der Waals surface area contributed by atoms with Crippen LogP contribution in [0, 0.1) is 0 Å². The fraction of sp³-hybridized carbons (Fsp3) is 0.902. The number of rotatable bonds is 44. The zero-order chi connectivity index (χ0) is 43.6. The number of hydrogen-bond acceptors (Lipinski definition) is 9. The number of allylic oxidation sites excluding steroid dienone is 4. The van der Waals surface area contributed by atoms with Gasteiger partial charge in [0, 0.05) is 13.0 Å². The summed E-state index contributed by atoms with van der Waals surface area (Å²) >= 11 is 0. The number of aliphatic hydroxyl groups excluding tert-OH is 4. The molecule has 0 amide bonds. The molecule has 0 aromatic carbocycles. The molecule has 1 heterocycles. The minimum absolute atomic E-state index is 0.109. The Hall–Kier alpha value is -1.33. The van der Waals surface area contributed by atoms with E-state index in [0.29, 0.717) is 13.0 Å². The van der Waals surface area contributed by atoms with Crippen molar-refractivity contribution in [2.75, 3.05) is 26.4 Å². The lowest BCUT2D eigenvalue weighted by Crippen LogP contribution is -2.59. The van der Waals surface area contributed by atoms with E-state index < -0.39 is 43.4 Å². The second-order valence-electron chi connectivity index (χ2n) is 17.6. The predicted molar refractivity (Wildman–Crippen MR) is 247 cm³/mol. The Bertz CT molecular complexity index is 972. The van der Waals surface area contributed by atoms with E-state index in [1.54, 1.807) is 0 Å². The molecule has 60 heavy (non-hydrogen) atoms. The highest BCUT2D eigenvalue weighted by molar-refractivity contribution is 5.69. The second kappa shape index (κ2) is 42.9. The summed E-state index contributed by atoms with van der Waals surface area (Å²) in [5.74, 6) is -0.311. The van der Waals surface area contributed by atoms with Crippen molar-refractivity contribution < 1.29 is 44.2 Å². The molecule has 0 bridgehead atoms. The fourth-order valence-electron chi connectivity index (χ4n) is 7.88. The van der Waals surface area contributed by atoms with Gasteiger partial charge in [-0.05, 0) is 44.9 Å². The Morgan fingerprint density at radius 1 is 0.533 bits per heavy atom. The average molecular weight is 853 g/mol. The number of esters is 1. The molecular weight excluding hydrogens is 757 g/mol. The summed E-state index contributed by atoms with van der Waals surface area (Å²) in [5, 5.41) is 40.2. The molecule has 0 radical (unpaired) electrons. The molecule has 0 aliphatic carbocycles. The van der Waals surface area contributed by atoms with Gasteiger partial charge < -0.3 is 39.4 Å². The van der Waals surface area contributed by atoms with E-state index in [-0.39, 0.29) is 19.2 Å². The van der Waals surface area contributed by atoms with Gasteiger partial charge in [-0.25, -0.2) is 0 Å². The lowest BCUT2D eigenvalue weighted by Gasteiger charge is -2.39. The lowest BCUT2D eigenvalue weighted by atomic mass is 9.99. The van der Waals surface area contributed by atoms with Crippen molar-refractivity contribution in [2.45, 2.75) is 269 Å². The van der Waals surface area contributed by atoms with Crippen LogP contribution in [0.25, 0.3) is 0 Å². The average Bonchev–Trinajstić information content (AvgIpc) is 3.25. The standard InChI is InChI=1S/C51H96O9/c1-3-5-7-9-11-13-15-17-18-19-20-21-22-23-24-25-26-27-29-31-33-35-37-39-41-57-43-45(44-58-51-50(56)49(55)48(54)46(42-52)60-51)59-47(53)40-38-36-34-32-30-28-16-14-12-10-8-6-4-2/h15,17,19-20,45-46,48-52,54-56H,3-14,16,18,21-44H2,1-2H3/b17-15-,20-19-. The molecule has 1 aliphatic rings. The highest BCUT2D eigenvalue weighted by Crippen LogP contribution is 2.23. The zero-order valence-electron chi connectivity index (χ0n) is 39.0. The smallest absolute Gasteiger partial charge is 0.306 e. The lowest BCUT2D eigenvalue weighted by molar-refractivity contribution is -0.305. The normalized spacial score (nSPS) is 20.1. The SMILES string of the molecule is CCCCCCC/C=C\C/C=C\CCCCCCCCCCCCCCOCC(COC1OC(CO)C(O)C(O)C1O)OC(=O)CCCCCCCCCCCCCCC. The van der Waals surface area contributed by atoms with E-state index >= 15 is 0 Å². The molecule has 9 nitrogen and oxygen atoms in total. The van der Waals surface area contributed by atoms with Gasteiger partial charge in [0.15, 0.2) is 6.29 Å². The van der Waals surface area contributed by atoms with Crippen LogP contribution in [-0.4, -0.2) is 89.6 Å². The molecule has 6 unspecified atom stereocenters. The third-order valence-corrected chi connectivity index (χ3v) is 11.9. The van der Waals surface area contributed by atoms with Crippen molar-refractivity contribution in [3.8, 4) is 0 Å². The van der Waals surface area contributed by atoms with E-state index in [0.717, 1.165) is 38.5 Å². The van der Waals surface area contributed by atoms with Crippen LogP contribution in [0.3, 0.4) is 0 Å². The summed E-state index contributed by atoms with van der Waals surface area (Å²) in [6, 6.07) is 0. The van der Waals surface area contributed by atoms with Gasteiger partial charge in [0.25, 0.3) is 0 Å². The van der Waals surface area contributed by atoms with Crippen LogP contribution in [0.1, 0.15) is 232 Å². The Kier molecular flexibility index (Phi) is 40.6. The summed E-state index contributed by atoms with van der Waals surface area (Å²) in [5.41, 5.74) is 0. The van der Waals surface area contributed by atoms with Crippen LogP contribution < -0.4 is 0 Å². The van der Waals surface area contributed by atoms with Crippen LogP contribution >= 0.6 is 0 Å². The number of carbonyl (C=O) groups excluding carboxylic acids is 1. The largest absolute Gasteiger partial charge is 0.457 e. The van der Waals surface area contributed by atoms with Crippen LogP contribution in [0.5, 0.6) is 0 Å². The van der Waals surface area contributed by atoms with Crippen molar-refractivity contribution in [3.63, 3.8) is 0 Å². The van der Waals surface area contributed by atoms with Crippen molar-refractivity contribution in [3.05, 3.63) is 24.3 Å². The summed E-state index contributed by atoms with van der Waals surface area (Å²) in [4.78, 5) is 12.8. The first-order valence-electron chi connectivity index (χ1n) is 25.4. The summed E-state index contributed by atoms with van der Waals surface area (Å²) in [6.45, 7) is 4.58. The molecule has 4 N–H and O–H groups in total. The second-order valence-corrected chi connectivity index (χ2v) is 17.6. The van der Waals surface area contributed by atoms with Crippen molar-refractivity contribution >= 4 is 5.97 Å².